The number of anilines is 1. The number of carbonyl (C=O) groups is 2. The summed E-state index contributed by atoms with van der Waals surface area (Å²) in [4.78, 5) is 34.6. The minimum atomic E-state index is -0.558. The van der Waals surface area contributed by atoms with Gasteiger partial charge in [0, 0.05) is 24.6 Å². The molecule has 7 heteroatoms. The highest BCUT2D eigenvalue weighted by Gasteiger charge is 2.34. The number of rotatable bonds is 3. The van der Waals surface area contributed by atoms with Crippen molar-refractivity contribution in [1.82, 2.24) is 0 Å². The Morgan fingerprint density at radius 3 is 2.74 bits per heavy atom. The molecule has 1 atom stereocenters. The molecule has 1 aliphatic rings. The fraction of sp³-hybridized carbons (Fsp3) is 0.333. The van der Waals surface area contributed by atoms with Gasteiger partial charge in [-0.25, -0.2) is 0 Å². The molecule has 1 heterocycles. The minimum absolute atomic E-state index is 0.0456. The van der Waals surface area contributed by atoms with Crippen molar-refractivity contribution >= 4 is 34.1 Å². The Kier molecular flexibility index (Phi) is 3.53. The molecule has 1 aromatic carbocycles. The van der Waals surface area contributed by atoms with Gasteiger partial charge in [-0.1, -0.05) is 6.07 Å². The number of nitrogens with zero attached hydrogens (tertiary/aromatic N) is 2. The molecule has 2 rings (SSSR count). The molecule has 0 bridgehead atoms. The highest BCUT2D eigenvalue weighted by molar-refractivity contribution is 6.64. The third kappa shape index (κ3) is 2.58. The van der Waals surface area contributed by atoms with E-state index in [1.54, 1.807) is 19.1 Å². The van der Waals surface area contributed by atoms with Crippen molar-refractivity contribution in [2.45, 2.75) is 13.3 Å². The molecule has 1 fully saturated rings. The summed E-state index contributed by atoms with van der Waals surface area (Å²) in [5.41, 5.74) is 0.888. The van der Waals surface area contributed by atoms with E-state index < -0.39 is 16.1 Å². The molecule has 1 aromatic rings. The zero-order chi connectivity index (χ0) is 14.2. The second-order valence-electron chi connectivity index (χ2n) is 4.44. The molecule has 1 saturated heterocycles. The lowest BCUT2D eigenvalue weighted by atomic mass is 10.1. The van der Waals surface area contributed by atoms with Crippen molar-refractivity contribution in [3.05, 3.63) is 33.9 Å². The second-order valence-corrected chi connectivity index (χ2v) is 4.81. The Balaban J connectivity index is 2.33. The van der Waals surface area contributed by atoms with Crippen LogP contribution in [-0.4, -0.2) is 22.6 Å². The minimum Gasteiger partial charge on any atom is -0.311 e. The van der Waals surface area contributed by atoms with Crippen molar-refractivity contribution in [2.75, 3.05) is 11.4 Å². The van der Waals surface area contributed by atoms with E-state index in [0.717, 1.165) is 0 Å². The lowest BCUT2D eigenvalue weighted by Crippen LogP contribution is -2.25. The fourth-order valence-corrected chi connectivity index (χ4v) is 2.22. The van der Waals surface area contributed by atoms with Crippen molar-refractivity contribution < 1.29 is 14.5 Å². The van der Waals surface area contributed by atoms with E-state index in [-0.39, 0.29) is 24.6 Å². The first-order valence-corrected chi connectivity index (χ1v) is 6.02. The number of nitro benzene ring substituents is 1. The number of halogens is 1. The Bertz CT molecular complexity index is 573. The van der Waals surface area contributed by atoms with Crippen LogP contribution < -0.4 is 4.90 Å². The van der Waals surface area contributed by atoms with Crippen molar-refractivity contribution in [3.63, 3.8) is 0 Å². The van der Waals surface area contributed by atoms with Gasteiger partial charge in [0.1, 0.15) is 0 Å². The largest absolute Gasteiger partial charge is 0.311 e. The molecule has 0 saturated carbocycles. The number of aryl methyl sites for hydroxylation is 1. The normalized spacial score (nSPS) is 18.7. The van der Waals surface area contributed by atoms with Gasteiger partial charge in [-0.2, -0.15) is 0 Å². The smallest absolute Gasteiger partial charge is 0.274 e. The maximum Gasteiger partial charge on any atom is 0.274 e. The lowest BCUT2D eigenvalue weighted by Gasteiger charge is -2.16. The highest BCUT2D eigenvalue weighted by atomic mass is 35.5. The molecular formula is C12H11ClN2O4. The van der Waals surface area contributed by atoms with Crippen LogP contribution in [0.15, 0.2) is 18.2 Å². The van der Waals surface area contributed by atoms with E-state index in [1.165, 1.54) is 11.0 Å². The maximum absolute atomic E-state index is 11.8. The fourth-order valence-electron chi connectivity index (χ4n) is 2.07. The molecule has 19 heavy (non-hydrogen) atoms. The summed E-state index contributed by atoms with van der Waals surface area (Å²) in [6, 6.07) is 4.55. The Hall–Kier alpha value is -1.95. The number of hydrogen-bond donors (Lipinski definition) is 0. The molecule has 0 spiro atoms. The third-order valence-electron chi connectivity index (χ3n) is 3.15. The molecule has 1 unspecified atom stereocenters. The Morgan fingerprint density at radius 2 is 2.21 bits per heavy atom. The van der Waals surface area contributed by atoms with Crippen LogP contribution in [0.2, 0.25) is 0 Å². The van der Waals surface area contributed by atoms with Crippen molar-refractivity contribution in [2.24, 2.45) is 5.92 Å². The standard InChI is InChI=1S/C12H11ClN2O4/c1-7-2-3-9(5-10(7)15(18)19)14-6-8(12(13)17)4-11(14)16/h2-3,5,8H,4,6H2,1H3. The zero-order valence-electron chi connectivity index (χ0n) is 10.1. The summed E-state index contributed by atoms with van der Waals surface area (Å²) < 4.78 is 0. The summed E-state index contributed by atoms with van der Waals surface area (Å²) in [6.07, 6.45) is 0.0456. The lowest BCUT2D eigenvalue weighted by molar-refractivity contribution is -0.385. The quantitative estimate of drug-likeness (QED) is 0.482. The molecule has 0 radical (unpaired) electrons. The molecule has 100 valence electrons. The molecule has 1 aliphatic heterocycles. The van der Waals surface area contributed by atoms with Crippen LogP contribution in [0.4, 0.5) is 11.4 Å². The van der Waals surface area contributed by atoms with Gasteiger partial charge in [0.25, 0.3) is 5.69 Å². The summed E-state index contributed by atoms with van der Waals surface area (Å²) in [5.74, 6) is -0.799. The van der Waals surface area contributed by atoms with E-state index in [1.807, 2.05) is 0 Å². The third-order valence-corrected chi connectivity index (χ3v) is 3.46. The summed E-state index contributed by atoms with van der Waals surface area (Å²) in [7, 11) is 0. The van der Waals surface area contributed by atoms with Crippen LogP contribution in [0.3, 0.4) is 0 Å². The first-order valence-electron chi connectivity index (χ1n) is 5.65. The van der Waals surface area contributed by atoms with Crippen LogP contribution in [0.5, 0.6) is 0 Å². The maximum atomic E-state index is 11.8. The van der Waals surface area contributed by atoms with Crippen LogP contribution in [0, 0.1) is 23.0 Å². The van der Waals surface area contributed by atoms with Crippen LogP contribution in [0.1, 0.15) is 12.0 Å². The Labute approximate surface area is 114 Å². The first-order chi connectivity index (χ1) is 8.90. The SMILES string of the molecule is Cc1ccc(N2CC(C(=O)Cl)CC2=O)cc1[N+](=O)[O-]. The summed E-state index contributed by atoms with van der Waals surface area (Å²) >= 11 is 5.38. The van der Waals surface area contributed by atoms with Gasteiger partial charge in [0.05, 0.1) is 16.5 Å². The van der Waals surface area contributed by atoms with E-state index in [2.05, 4.69) is 0 Å². The van der Waals surface area contributed by atoms with Gasteiger partial charge in [-0.3, -0.25) is 19.7 Å². The van der Waals surface area contributed by atoms with Gasteiger partial charge in [-0.05, 0) is 24.6 Å². The average Bonchev–Trinajstić information content (AvgIpc) is 2.72. The molecule has 0 aliphatic carbocycles. The van der Waals surface area contributed by atoms with Gasteiger partial charge in [0.2, 0.25) is 11.1 Å². The highest BCUT2D eigenvalue weighted by Crippen LogP contribution is 2.30. The Morgan fingerprint density at radius 1 is 1.53 bits per heavy atom. The molecule has 0 aromatic heterocycles. The van der Waals surface area contributed by atoms with Crippen molar-refractivity contribution in [1.29, 1.82) is 0 Å². The topological polar surface area (TPSA) is 80.5 Å². The predicted octanol–water partition coefficient (Wildman–Crippen LogP) is 2.02. The first kappa shape index (κ1) is 13.5. The van der Waals surface area contributed by atoms with E-state index in [9.17, 15) is 19.7 Å². The van der Waals surface area contributed by atoms with Crippen LogP contribution >= 0.6 is 11.6 Å². The van der Waals surface area contributed by atoms with Gasteiger partial charge in [-0.15, -0.1) is 0 Å². The van der Waals surface area contributed by atoms with Gasteiger partial charge >= 0.3 is 0 Å². The second kappa shape index (κ2) is 4.97. The summed E-state index contributed by atoms with van der Waals surface area (Å²) in [6.45, 7) is 1.79. The number of carbonyl (C=O) groups excluding carboxylic acids is 2. The van der Waals surface area contributed by atoms with E-state index in [0.29, 0.717) is 11.3 Å². The molecule has 6 nitrogen and oxygen atoms in total. The number of nitro groups is 1. The van der Waals surface area contributed by atoms with E-state index >= 15 is 0 Å². The number of benzene rings is 1. The number of amides is 1. The molecular weight excluding hydrogens is 272 g/mol. The zero-order valence-corrected chi connectivity index (χ0v) is 10.9. The van der Waals surface area contributed by atoms with Gasteiger partial charge < -0.3 is 4.90 Å². The molecule has 1 amide bonds. The predicted molar refractivity (Wildman–Crippen MR) is 69.2 cm³/mol. The van der Waals surface area contributed by atoms with Crippen LogP contribution in [0.25, 0.3) is 0 Å². The summed E-state index contributed by atoms with van der Waals surface area (Å²) in [5, 5.41) is 10.3. The van der Waals surface area contributed by atoms with Gasteiger partial charge in [0.15, 0.2) is 0 Å². The monoisotopic (exact) mass is 282 g/mol. The van der Waals surface area contributed by atoms with Crippen molar-refractivity contribution in [3.8, 4) is 0 Å². The number of hydrogen-bond acceptors (Lipinski definition) is 4. The van der Waals surface area contributed by atoms with E-state index in [4.69, 9.17) is 11.6 Å². The van der Waals surface area contributed by atoms with Crippen LogP contribution in [-0.2, 0) is 9.59 Å². The molecule has 0 N–H and O–H groups in total. The average molecular weight is 283 g/mol.